The second kappa shape index (κ2) is 5.25. The van der Waals surface area contributed by atoms with Gasteiger partial charge in [0.15, 0.2) is 0 Å². The third-order valence-corrected chi connectivity index (χ3v) is 4.27. The summed E-state index contributed by atoms with van der Waals surface area (Å²) in [5.41, 5.74) is 8.86. The molecule has 4 aromatic rings. The van der Waals surface area contributed by atoms with Crippen LogP contribution in [0.15, 0.2) is 78.9 Å². The van der Waals surface area contributed by atoms with Crippen LogP contribution in [0, 0.1) is 5.41 Å². The van der Waals surface area contributed by atoms with Crippen molar-refractivity contribution in [2.24, 2.45) is 0 Å². The number of hydrogen-bond donors (Lipinski definition) is 2. The van der Waals surface area contributed by atoms with Gasteiger partial charge >= 0.3 is 0 Å². The summed E-state index contributed by atoms with van der Waals surface area (Å²) < 4.78 is 0. The number of anilines is 1. The van der Waals surface area contributed by atoms with E-state index in [4.69, 9.17) is 11.1 Å². The first-order chi connectivity index (χ1) is 11.3. The van der Waals surface area contributed by atoms with Crippen LogP contribution in [0.4, 0.5) is 5.69 Å². The summed E-state index contributed by atoms with van der Waals surface area (Å²) in [6, 6.07) is 26.2. The molecule has 0 spiro atoms. The summed E-state index contributed by atoms with van der Waals surface area (Å²) in [6.45, 7) is 0. The van der Waals surface area contributed by atoms with E-state index < -0.39 is 0 Å². The number of nitrogens with two attached hydrogens (primary N) is 1. The van der Waals surface area contributed by atoms with E-state index in [2.05, 4.69) is 36.4 Å². The van der Waals surface area contributed by atoms with Crippen molar-refractivity contribution in [1.29, 1.82) is 5.41 Å². The van der Waals surface area contributed by atoms with E-state index in [-0.39, 0.29) is 0 Å². The van der Waals surface area contributed by atoms with Crippen LogP contribution in [0.2, 0.25) is 0 Å². The molecule has 0 bridgehead atoms. The molecule has 0 aliphatic rings. The van der Waals surface area contributed by atoms with Crippen molar-refractivity contribution in [3.63, 3.8) is 0 Å². The molecule has 0 amide bonds. The van der Waals surface area contributed by atoms with Crippen LogP contribution in [-0.2, 0) is 0 Å². The van der Waals surface area contributed by atoms with Crippen LogP contribution < -0.4 is 5.73 Å². The van der Waals surface area contributed by atoms with Crippen LogP contribution in [0.1, 0.15) is 11.1 Å². The van der Waals surface area contributed by atoms with Crippen LogP contribution >= 0.6 is 0 Å². The molecule has 0 saturated carbocycles. The molecule has 2 heteroatoms. The van der Waals surface area contributed by atoms with Crippen molar-refractivity contribution in [2.45, 2.75) is 0 Å². The third-order valence-electron chi connectivity index (χ3n) is 4.27. The quantitative estimate of drug-likeness (QED) is 0.305. The van der Waals surface area contributed by atoms with E-state index >= 15 is 0 Å². The van der Waals surface area contributed by atoms with Gasteiger partial charge in [0, 0.05) is 16.8 Å². The summed E-state index contributed by atoms with van der Waals surface area (Å²) in [4.78, 5) is 0. The molecule has 0 unspecified atom stereocenters. The van der Waals surface area contributed by atoms with Gasteiger partial charge in [-0.2, -0.15) is 0 Å². The predicted octanol–water partition coefficient (Wildman–Crippen LogP) is 4.99. The summed E-state index contributed by atoms with van der Waals surface area (Å²) >= 11 is 0. The first-order valence-electron chi connectivity index (χ1n) is 7.60. The van der Waals surface area contributed by atoms with Crippen LogP contribution in [0.3, 0.4) is 0 Å². The Morgan fingerprint density at radius 2 is 1.26 bits per heavy atom. The van der Waals surface area contributed by atoms with Crippen LogP contribution in [0.25, 0.3) is 21.5 Å². The highest BCUT2D eigenvalue weighted by atomic mass is 14.6. The lowest BCUT2D eigenvalue weighted by Crippen LogP contribution is -2.06. The maximum Gasteiger partial charge on any atom is 0.0711 e. The van der Waals surface area contributed by atoms with Gasteiger partial charge in [0.2, 0.25) is 0 Å². The average Bonchev–Trinajstić information content (AvgIpc) is 2.61. The molecule has 0 saturated heterocycles. The Hall–Kier alpha value is -3.13. The number of nitrogen functional groups attached to an aromatic ring is 1. The monoisotopic (exact) mass is 296 g/mol. The number of benzene rings is 4. The minimum absolute atomic E-state index is 0.463. The topological polar surface area (TPSA) is 49.9 Å². The average molecular weight is 296 g/mol. The zero-order valence-corrected chi connectivity index (χ0v) is 12.6. The van der Waals surface area contributed by atoms with Gasteiger partial charge in [-0.15, -0.1) is 0 Å². The minimum atomic E-state index is 0.463. The second-order valence-electron chi connectivity index (χ2n) is 5.65. The zero-order valence-electron chi connectivity index (χ0n) is 12.6. The Labute approximate surface area is 134 Å². The summed E-state index contributed by atoms with van der Waals surface area (Å²) in [6.07, 6.45) is 0. The van der Waals surface area contributed by atoms with Crippen molar-refractivity contribution in [1.82, 2.24) is 0 Å². The maximum absolute atomic E-state index is 8.69. The molecule has 0 atom stereocenters. The van der Waals surface area contributed by atoms with Gasteiger partial charge in [0.1, 0.15) is 0 Å². The fraction of sp³-hybridized carbons (Fsp3) is 0. The third kappa shape index (κ3) is 2.16. The first-order valence-corrected chi connectivity index (χ1v) is 7.60. The summed E-state index contributed by atoms with van der Waals surface area (Å²) in [5, 5.41) is 13.3. The Morgan fingerprint density at radius 3 is 2.04 bits per heavy atom. The lowest BCUT2D eigenvalue weighted by molar-refractivity contribution is 1.47. The van der Waals surface area contributed by atoms with Gasteiger partial charge in [0.05, 0.1) is 5.71 Å². The molecule has 0 radical (unpaired) electrons. The fourth-order valence-electron chi connectivity index (χ4n) is 3.13. The maximum atomic E-state index is 8.69. The molecule has 4 aromatic carbocycles. The Balaban J connectivity index is 2.06. The smallest absolute Gasteiger partial charge is 0.0711 e. The fourth-order valence-corrected chi connectivity index (χ4v) is 3.13. The van der Waals surface area contributed by atoms with Gasteiger partial charge < -0.3 is 5.73 Å². The molecular weight excluding hydrogens is 280 g/mol. The van der Waals surface area contributed by atoms with Gasteiger partial charge in [-0.3, -0.25) is 5.41 Å². The van der Waals surface area contributed by atoms with Gasteiger partial charge in [0.25, 0.3) is 0 Å². The molecule has 0 aliphatic carbocycles. The molecule has 0 fully saturated rings. The molecule has 0 aromatic heterocycles. The molecule has 4 rings (SSSR count). The van der Waals surface area contributed by atoms with E-state index in [1.807, 2.05) is 42.5 Å². The molecule has 110 valence electrons. The molecular formula is C21H16N2. The van der Waals surface area contributed by atoms with Crippen molar-refractivity contribution in [3.8, 4) is 0 Å². The molecule has 2 nitrogen and oxygen atoms in total. The van der Waals surface area contributed by atoms with E-state index in [0.717, 1.165) is 21.9 Å². The van der Waals surface area contributed by atoms with Crippen LogP contribution in [-0.4, -0.2) is 5.71 Å². The molecule has 23 heavy (non-hydrogen) atoms. The van der Waals surface area contributed by atoms with E-state index in [1.165, 1.54) is 10.8 Å². The van der Waals surface area contributed by atoms with E-state index in [1.54, 1.807) is 0 Å². The van der Waals surface area contributed by atoms with Crippen molar-refractivity contribution < 1.29 is 0 Å². The van der Waals surface area contributed by atoms with E-state index in [0.29, 0.717) is 11.4 Å². The summed E-state index contributed by atoms with van der Waals surface area (Å²) in [7, 11) is 0. The number of para-hydroxylation sites is 1. The molecule has 0 heterocycles. The van der Waals surface area contributed by atoms with Crippen molar-refractivity contribution in [2.75, 3.05) is 5.73 Å². The summed E-state index contributed by atoms with van der Waals surface area (Å²) in [5.74, 6) is 0. The Bertz CT molecular complexity index is 1050. The lowest BCUT2D eigenvalue weighted by Gasteiger charge is -2.13. The minimum Gasteiger partial charge on any atom is -0.398 e. The van der Waals surface area contributed by atoms with Gasteiger partial charge in [-0.05, 0) is 33.7 Å². The first kappa shape index (κ1) is 13.5. The van der Waals surface area contributed by atoms with Gasteiger partial charge in [-0.1, -0.05) is 66.7 Å². The SMILES string of the molecule is N=C(c1ccccc1N)c1cc2ccccc2c2ccccc12. The van der Waals surface area contributed by atoms with Crippen molar-refractivity contribution >= 4 is 32.9 Å². The number of nitrogens with one attached hydrogen (secondary N) is 1. The largest absolute Gasteiger partial charge is 0.398 e. The number of hydrogen-bond acceptors (Lipinski definition) is 2. The molecule has 3 N–H and O–H groups in total. The lowest BCUT2D eigenvalue weighted by atomic mass is 9.92. The Kier molecular flexibility index (Phi) is 3.09. The normalized spacial score (nSPS) is 11.0. The Morgan fingerprint density at radius 1 is 0.652 bits per heavy atom. The highest BCUT2D eigenvalue weighted by Gasteiger charge is 2.13. The standard InChI is InChI=1S/C21H16N2/c22-20-12-6-5-11-18(20)21(23)19-13-14-7-1-2-8-15(14)16-9-3-4-10-17(16)19/h1-13,23H,22H2. The van der Waals surface area contributed by atoms with E-state index in [9.17, 15) is 0 Å². The second-order valence-corrected chi connectivity index (χ2v) is 5.65. The highest BCUT2D eigenvalue weighted by molar-refractivity contribution is 6.24. The number of rotatable bonds is 2. The predicted molar refractivity (Wildman–Crippen MR) is 98.2 cm³/mol. The molecule has 0 aliphatic heterocycles. The van der Waals surface area contributed by atoms with Gasteiger partial charge in [-0.25, -0.2) is 0 Å². The zero-order chi connectivity index (χ0) is 15.8. The van der Waals surface area contributed by atoms with Crippen molar-refractivity contribution in [3.05, 3.63) is 90.0 Å². The number of fused-ring (bicyclic) bond motifs is 3. The highest BCUT2D eigenvalue weighted by Crippen LogP contribution is 2.30. The van der Waals surface area contributed by atoms with Crippen LogP contribution in [0.5, 0.6) is 0 Å².